The van der Waals surface area contributed by atoms with Crippen molar-refractivity contribution in [1.29, 1.82) is 0 Å². The first-order valence-corrected chi connectivity index (χ1v) is 9.53. The Kier molecular flexibility index (Phi) is 4.96. The summed E-state index contributed by atoms with van der Waals surface area (Å²) in [5, 5.41) is 4.88. The van der Waals surface area contributed by atoms with Gasteiger partial charge in [-0.2, -0.15) is 0 Å². The van der Waals surface area contributed by atoms with Crippen molar-refractivity contribution in [1.82, 2.24) is 10.3 Å². The summed E-state index contributed by atoms with van der Waals surface area (Å²) in [6.07, 6.45) is 3.36. The number of hydrogen-bond acceptors (Lipinski definition) is 3. The molecule has 1 aromatic heterocycles. The van der Waals surface area contributed by atoms with Gasteiger partial charge >= 0.3 is 0 Å². The van der Waals surface area contributed by atoms with Crippen LogP contribution >= 0.6 is 0 Å². The van der Waals surface area contributed by atoms with Crippen molar-refractivity contribution in [2.24, 2.45) is 0 Å². The summed E-state index contributed by atoms with van der Waals surface area (Å²) in [6.45, 7) is 7.92. The van der Waals surface area contributed by atoms with Gasteiger partial charge in [-0.1, -0.05) is 31.2 Å². The highest BCUT2D eigenvalue weighted by Crippen LogP contribution is 2.35. The summed E-state index contributed by atoms with van der Waals surface area (Å²) in [5.41, 5.74) is 6.37. The van der Waals surface area contributed by atoms with Gasteiger partial charge in [0.05, 0.1) is 13.2 Å². The fraction of sp³-hybridized carbons (Fsp3) is 0.364. The standard InChI is InChI=1S/C22H27N3O/c1-3-13-25(22-15-26-14-12-24-22)21-9-5-6-17(16(21)2)18-7-4-8-20-19(18)10-11-23-20/h4-11,22-24H,3,12-15H2,1-2H3. The van der Waals surface area contributed by atoms with E-state index < -0.39 is 0 Å². The Labute approximate surface area is 155 Å². The molecule has 1 atom stereocenters. The first-order chi connectivity index (χ1) is 12.8. The lowest BCUT2D eigenvalue weighted by Gasteiger charge is -2.37. The summed E-state index contributed by atoms with van der Waals surface area (Å²) in [5.74, 6) is 0. The van der Waals surface area contributed by atoms with Gasteiger partial charge in [-0.25, -0.2) is 0 Å². The molecule has 2 N–H and O–H groups in total. The van der Waals surface area contributed by atoms with Crippen LogP contribution in [-0.2, 0) is 4.74 Å². The second kappa shape index (κ2) is 7.52. The fourth-order valence-electron chi connectivity index (χ4n) is 3.98. The molecule has 4 nitrogen and oxygen atoms in total. The molecule has 1 unspecified atom stereocenters. The molecule has 1 aliphatic rings. The van der Waals surface area contributed by atoms with Gasteiger partial charge in [0.2, 0.25) is 0 Å². The van der Waals surface area contributed by atoms with Gasteiger partial charge in [-0.15, -0.1) is 0 Å². The van der Waals surface area contributed by atoms with Gasteiger partial charge in [0.15, 0.2) is 0 Å². The van der Waals surface area contributed by atoms with Crippen molar-refractivity contribution in [3.63, 3.8) is 0 Å². The molecule has 2 aromatic carbocycles. The van der Waals surface area contributed by atoms with E-state index in [1.807, 2.05) is 6.20 Å². The second-order valence-electron chi connectivity index (χ2n) is 6.93. The number of nitrogens with one attached hydrogen (secondary N) is 2. The van der Waals surface area contributed by atoms with Gasteiger partial charge < -0.3 is 14.6 Å². The number of H-pyrrole nitrogens is 1. The third-order valence-corrected chi connectivity index (χ3v) is 5.24. The van der Waals surface area contributed by atoms with E-state index in [4.69, 9.17) is 4.74 Å². The third-order valence-electron chi connectivity index (χ3n) is 5.24. The van der Waals surface area contributed by atoms with E-state index in [2.05, 4.69) is 71.5 Å². The van der Waals surface area contributed by atoms with Crippen molar-refractivity contribution >= 4 is 16.6 Å². The lowest BCUT2D eigenvalue weighted by Crippen LogP contribution is -2.53. The van der Waals surface area contributed by atoms with Crippen LogP contribution < -0.4 is 10.2 Å². The molecule has 136 valence electrons. The number of aromatic nitrogens is 1. The molecule has 0 radical (unpaired) electrons. The molecule has 1 fully saturated rings. The third kappa shape index (κ3) is 3.11. The maximum absolute atomic E-state index is 5.72. The molecule has 3 aromatic rings. The Morgan fingerprint density at radius 1 is 1.12 bits per heavy atom. The average Bonchev–Trinajstić information content (AvgIpc) is 3.16. The Balaban J connectivity index is 1.78. The zero-order chi connectivity index (χ0) is 17.9. The average molecular weight is 349 g/mol. The molecule has 1 saturated heterocycles. The van der Waals surface area contributed by atoms with Crippen LogP contribution in [0.15, 0.2) is 48.7 Å². The molecule has 4 rings (SSSR count). The number of morpholine rings is 1. The number of anilines is 1. The second-order valence-corrected chi connectivity index (χ2v) is 6.93. The van der Waals surface area contributed by atoms with E-state index >= 15 is 0 Å². The van der Waals surface area contributed by atoms with Crippen LogP contribution in [-0.4, -0.2) is 37.5 Å². The fourth-order valence-corrected chi connectivity index (χ4v) is 3.98. The summed E-state index contributed by atoms with van der Waals surface area (Å²) >= 11 is 0. The minimum Gasteiger partial charge on any atom is -0.377 e. The normalized spacial score (nSPS) is 17.5. The highest BCUT2D eigenvalue weighted by molar-refractivity contribution is 5.96. The van der Waals surface area contributed by atoms with Crippen LogP contribution in [0.4, 0.5) is 5.69 Å². The smallest absolute Gasteiger partial charge is 0.103 e. The molecule has 26 heavy (non-hydrogen) atoms. The van der Waals surface area contributed by atoms with Gasteiger partial charge in [0.25, 0.3) is 0 Å². The lowest BCUT2D eigenvalue weighted by molar-refractivity contribution is 0.0755. The topological polar surface area (TPSA) is 40.3 Å². The zero-order valence-electron chi connectivity index (χ0n) is 15.6. The number of fused-ring (bicyclic) bond motifs is 1. The lowest BCUT2D eigenvalue weighted by atomic mass is 9.96. The van der Waals surface area contributed by atoms with Crippen molar-refractivity contribution in [3.8, 4) is 11.1 Å². The van der Waals surface area contributed by atoms with Gasteiger partial charge in [0.1, 0.15) is 6.17 Å². The first-order valence-electron chi connectivity index (χ1n) is 9.53. The van der Waals surface area contributed by atoms with Crippen LogP contribution in [0.5, 0.6) is 0 Å². The van der Waals surface area contributed by atoms with Gasteiger partial charge in [-0.05, 0) is 48.2 Å². The van der Waals surface area contributed by atoms with Crippen LogP contribution in [0.25, 0.3) is 22.0 Å². The monoisotopic (exact) mass is 349 g/mol. The molecule has 0 spiro atoms. The molecule has 0 saturated carbocycles. The Bertz CT molecular complexity index is 880. The van der Waals surface area contributed by atoms with Crippen molar-refractivity contribution in [3.05, 3.63) is 54.2 Å². The Hall–Kier alpha value is -2.30. The molecule has 4 heteroatoms. The van der Waals surface area contributed by atoms with Crippen molar-refractivity contribution in [2.75, 3.05) is 31.2 Å². The number of benzene rings is 2. The molecule has 2 heterocycles. The highest BCUT2D eigenvalue weighted by Gasteiger charge is 2.23. The molecule has 0 amide bonds. The number of ether oxygens (including phenoxy) is 1. The minimum atomic E-state index is 0.237. The molecule has 0 aliphatic carbocycles. The summed E-state index contributed by atoms with van der Waals surface area (Å²) < 4.78 is 5.72. The maximum Gasteiger partial charge on any atom is 0.103 e. The maximum atomic E-state index is 5.72. The van der Waals surface area contributed by atoms with E-state index in [0.717, 1.165) is 32.7 Å². The Morgan fingerprint density at radius 2 is 1.96 bits per heavy atom. The molecule has 1 aliphatic heterocycles. The van der Waals surface area contributed by atoms with Crippen LogP contribution in [0.3, 0.4) is 0 Å². The molecule has 0 bridgehead atoms. The quantitative estimate of drug-likeness (QED) is 0.721. The number of hydrogen-bond donors (Lipinski definition) is 2. The van der Waals surface area contributed by atoms with Crippen molar-refractivity contribution in [2.45, 2.75) is 26.4 Å². The van der Waals surface area contributed by atoms with Gasteiger partial charge in [-0.3, -0.25) is 5.32 Å². The summed E-state index contributed by atoms with van der Waals surface area (Å²) in [6, 6.07) is 15.3. The SMILES string of the molecule is CCCN(c1cccc(-c2cccc3[nH]ccc23)c1C)C1COCCN1. The van der Waals surface area contributed by atoms with Crippen LogP contribution in [0.1, 0.15) is 18.9 Å². The van der Waals surface area contributed by atoms with E-state index in [1.165, 1.54) is 33.3 Å². The molecular formula is C22H27N3O. The zero-order valence-corrected chi connectivity index (χ0v) is 15.6. The van der Waals surface area contributed by atoms with E-state index in [-0.39, 0.29) is 6.17 Å². The Morgan fingerprint density at radius 3 is 2.77 bits per heavy atom. The predicted octanol–water partition coefficient (Wildman–Crippen LogP) is 4.31. The molecular weight excluding hydrogens is 322 g/mol. The minimum absolute atomic E-state index is 0.237. The first kappa shape index (κ1) is 17.1. The summed E-state index contributed by atoms with van der Waals surface area (Å²) in [4.78, 5) is 5.79. The number of nitrogens with zero attached hydrogens (tertiary/aromatic N) is 1. The predicted molar refractivity (Wildman–Crippen MR) is 109 cm³/mol. The largest absolute Gasteiger partial charge is 0.377 e. The van der Waals surface area contributed by atoms with Gasteiger partial charge in [0, 0.05) is 35.9 Å². The number of rotatable bonds is 5. The van der Waals surface area contributed by atoms with Crippen LogP contribution in [0.2, 0.25) is 0 Å². The van der Waals surface area contributed by atoms with Crippen molar-refractivity contribution < 1.29 is 4.74 Å². The van der Waals surface area contributed by atoms with Crippen LogP contribution in [0, 0.1) is 6.92 Å². The van der Waals surface area contributed by atoms with E-state index in [1.54, 1.807) is 0 Å². The summed E-state index contributed by atoms with van der Waals surface area (Å²) in [7, 11) is 0. The van der Waals surface area contributed by atoms with E-state index in [9.17, 15) is 0 Å². The highest BCUT2D eigenvalue weighted by atomic mass is 16.5. The number of aromatic amines is 1. The van der Waals surface area contributed by atoms with E-state index in [0.29, 0.717) is 0 Å².